The fraction of sp³-hybridized carbons (Fsp3) is 0. The van der Waals surface area contributed by atoms with Gasteiger partial charge in [0, 0.05) is 0 Å². The number of hydrogen-bond donors (Lipinski definition) is 0. The van der Waals surface area contributed by atoms with Crippen molar-refractivity contribution < 1.29 is 64.4 Å². The van der Waals surface area contributed by atoms with Crippen molar-refractivity contribution in [3.8, 4) is 0 Å². The molecule has 0 saturated heterocycles. The molecule has 9 heavy (non-hydrogen) atoms. The van der Waals surface area contributed by atoms with E-state index in [9.17, 15) is 0 Å². The molecule has 0 spiro atoms. The van der Waals surface area contributed by atoms with Gasteiger partial charge < -0.3 is 84.9 Å². The first-order chi connectivity index (χ1) is 0. The van der Waals surface area contributed by atoms with Crippen molar-refractivity contribution in [1.82, 2.24) is 0 Å². The topological polar surface area (TPSA) is 201 Å². The maximum Gasteiger partial charge on any atom is 2.00 e. The van der Waals surface area contributed by atoms with Gasteiger partial charge in [-0.05, 0) is 0 Å². The molecule has 0 unspecified atom stereocenters. The van der Waals surface area contributed by atoms with E-state index in [1.165, 1.54) is 0 Å². The van der Waals surface area contributed by atoms with Crippen molar-refractivity contribution in [1.29, 1.82) is 0 Å². The monoisotopic (exact) mass is 408 g/mol. The molecule has 9 heteroatoms. The fourth-order valence-corrected chi connectivity index (χ4v) is 0. The molecule has 0 amide bonds. The maximum atomic E-state index is 0. The second-order valence-electron chi connectivity index (χ2n) is 0. The van der Waals surface area contributed by atoms with Gasteiger partial charge in [0.15, 0.2) is 0 Å². The van der Waals surface area contributed by atoms with Crippen molar-refractivity contribution in [2.75, 3.05) is 0 Å². The van der Waals surface area contributed by atoms with Gasteiger partial charge in [-0.25, -0.2) is 0 Å². The van der Waals surface area contributed by atoms with Crippen molar-refractivity contribution in [2.24, 2.45) is 0 Å². The molecule has 0 saturated carbocycles. The third-order valence-corrected chi connectivity index (χ3v) is 0. The van der Waals surface area contributed by atoms with E-state index in [-0.39, 0.29) is 101 Å². The Morgan fingerprint density at radius 3 is 0.333 bits per heavy atom. The Kier molecular flexibility index (Phi) is 9610. The molecule has 0 aliphatic carbocycles. The van der Waals surface area contributed by atoms with Crippen LogP contribution in [0.1, 0.15) is 0 Å². The van der Waals surface area contributed by atoms with E-state index in [2.05, 4.69) is 0 Å². The molecule has 0 aromatic rings. The summed E-state index contributed by atoms with van der Waals surface area (Å²) < 4.78 is 0. The van der Waals surface area contributed by atoms with Gasteiger partial charge in [0.1, 0.15) is 0 Å². The molecule has 0 fully saturated rings. The molecular weight excluding hydrogens is 397 g/mol. The Morgan fingerprint density at radius 1 is 0.333 bits per heavy atom. The summed E-state index contributed by atoms with van der Waals surface area (Å²) >= 11 is 0. The van der Waals surface area contributed by atoms with Gasteiger partial charge in [0.25, 0.3) is 0 Å². The van der Waals surface area contributed by atoms with Crippen LogP contribution in [0.4, 0.5) is 0 Å². The molecule has 0 heterocycles. The van der Waals surface area contributed by atoms with E-state index in [0.29, 0.717) is 0 Å². The normalized spacial score (nSPS) is 0. The molecule has 0 atom stereocenters. The molecular formula is H12I2N6Ni-6. The summed E-state index contributed by atoms with van der Waals surface area (Å²) in [6.45, 7) is 0. The summed E-state index contributed by atoms with van der Waals surface area (Å²) in [6.07, 6.45) is 0. The summed E-state index contributed by atoms with van der Waals surface area (Å²) in [5.41, 5.74) is 0. The predicted molar refractivity (Wildman–Crippen MR) is 31.7 cm³/mol. The first-order valence-corrected chi connectivity index (χ1v) is 0. The zero-order valence-corrected chi connectivity index (χ0v) is 9.84. The molecule has 0 aromatic carbocycles. The number of hydrogen-bond acceptors (Lipinski definition) is 0. The van der Waals surface area contributed by atoms with Gasteiger partial charge in [-0.3, -0.25) is 0 Å². The van der Waals surface area contributed by atoms with Crippen LogP contribution in [0.3, 0.4) is 0 Å². The predicted octanol–water partition coefficient (Wildman–Crippen LogP) is -1.69. The average Bonchev–Trinajstić information content (AvgIpc) is 0. The Hall–Kier alpha value is 1.71. The molecule has 0 aliphatic rings. The standard InChI is InChI=1S/2HI.6H2N.Ni/h2*1H;6*1H2;/q;;6*-1;+2/p-2. The van der Waals surface area contributed by atoms with Gasteiger partial charge in [-0.1, -0.05) is 0 Å². The van der Waals surface area contributed by atoms with Crippen LogP contribution < -0.4 is 48.0 Å². The molecule has 12 N–H and O–H groups in total. The maximum absolute atomic E-state index is 0. The van der Waals surface area contributed by atoms with Crippen LogP contribution in [0.5, 0.6) is 0 Å². The van der Waals surface area contributed by atoms with Crippen molar-refractivity contribution in [3.63, 3.8) is 0 Å². The third-order valence-electron chi connectivity index (χ3n) is 0. The van der Waals surface area contributed by atoms with Crippen molar-refractivity contribution in [2.45, 2.75) is 0 Å². The largest absolute Gasteiger partial charge is 2.00 e. The quantitative estimate of drug-likeness (QED) is 0.325. The van der Waals surface area contributed by atoms with E-state index in [4.69, 9.17) is 0 Å². The molecule has 0 aromatic heterocycles. The Balaban J connectivity index is 0. The van der Waals surface area contributed by atoms with Crippen LogP contribution in [0.25, 0.3) is 36.9 Å². The van der Waals surface area contributed by atoms with Gasteiger partial charge >= 0.3 is 16.5 Å². The van der Waals surface area contributed by atoms with Gasteiger partial charge in [0.05, 0.1) is 0 Å². The van der Waals surface area contributed by atoms with Crippen molar-refractivity contribution >= 4 is 0 Å². The van der Waals surface area contributed by atoms with E-state index in [1.807, 2.05) is 0 Å². The molecule has 0 aliphatic heterocycles. The molecule has 6 nitrogen and oxygen atoms in total. The number of halogens is 2. The van der Waals surface area contributed by atoms with Crippen LogP contribution in [-0.4, -0.2) is 0 Å². The third kappa shape index (κ3) is 197. The summed E-state index contributed by atoms with van der Waals surface area (Å²) in [6, 6.07) is 0. The Morgan fingerprint density at radius 2 is 0.333 bits per heavy atom. The summed E-state index contributed by atoms with van der Waals surface area (Å²) in [4.78, 5) is 0. The first kappa shape index (κ1) is 344. The van der Waals surface area contributed by atoms with Crippen molar-refractivity contribution in [3.05, 3.63) is 36.9 Å². The zero-order chi connectivity index (χ0) is 0. The summed E-state index contributed by atoms with van der Waals surface area (Å²) in [7, 11) is 0. The average molecular weight is 409 g/mol. The molecule has 72 valence electrons. The first-order valence-electron chi connectivity index (χ1n) is 0. The zero-order valence-electron chi connectivity index (χ0n) is 4.54. The smallest absolute Gasteiger partial charge is 1.00 e. The van der Waals surface area contributed by atoms with E-state index >= 15 is 0 Å². The van der Waals surface area contributed by atoms with Crippen LogP contribution >= 0.6 is 0 Å². The Bertz CT molecular complexity index is 11.0. The molecule has 0 radical (unpaired) electrons. The minimum Gasteiger partial charge on any atom is -1.00 e. The fourth-order valence-electron chi connectivity index (χ4n) is 0. The minimum absolute atomic E-state index is 0. The van der Waals surface area contributed by atoms with Gasteiger partial charge in [-0.15, -0.1) is 0 Å². The SMILES string of the molecule is [I-].[I-].[NH2-].[NH2-].[NH2-].[NH2-].[NH2-].[NH2-].[Ni+2]. The van der Waals surface area contributed by atoms with E-state index in [1.54, 1.807) is 0 Å². The van der Waals surface area contributed by atoms with Crippen LogP contribution in [-0.2, 0) is 16.5 Å². The van der Waals surface area contributed by atoms with Gasteiger partial charge in [-0.2, -0.15) is 0 Å². The molecule has 0 rings (SSSR count). The number of nitrogens with two attached hydrogens (primary N) is 6. The van der Waals surface area contributed by atoms with E-state index < -0.39 is 0 Å². The van der Waals surface area contributed by atoms with E-state index in [0.717, 1.165) is 0 Å². The summed E-state index contributed by atoms with van der Waals surface area (Å²) in [5, 5.41) is 0. The minimum atomic E-state index is 0. The van der Waals surface area contributed by atoms with Crippen LogP contribution in [0.15, 0.2) is 0 Å². The second-order valence-corrected chi connectivity index (χ2v) is 0. The summed E-state index contributed by atoms with van der Waals surface area (Å²) in [5.74, 6) is 0. The second kappa shape index (κ2) is 251. The Labute approximate surface area is 101 Å². The van der Waals surface area contributed by atoms with Crippen LogP contribution in [0, 0.1) is 0 Å². The molecule has 0 bridgehead atoms. The van der Waals surface area contributed by atoms with Gasteiger partial charge in [0.2, 0.25) is 0 Å². The van der Waals surface area contributed by atoms with Crippen LogP contribution in [0.2, 0.25) is 0 Å². The number of rotatable bonds is 0.